The number of nitrogens with two attached hydrogens (primary N) is 1. The fraction of sp³-hybridized carbons (Fsp3) is 0.429. The van der Waals surface area contributed by atoms with E-state index in [4.69, 9.17) is 5.73 Å². The van der Waals surface area contributed by atoms with Crippen molar-refractivity contribution in [2.75, 3.05) is 11.1 Å². The number of primary amides is 1. The van der Waals surface area contributed by atoms with Gasteiger partial charge in [-0.2, -0.15) is 11.8 Å². The number of fused-ring (bicyclic) bond motifs is 1. The number of anilines is 1. The number of carbonyl (C=O) groups excluding carboxylic acids is 2. The smallest absolute Gasteiger partial charge is 0.251 e. The Morgan fingerprint density at radius 3 is 2.67 bits per heavy atom. The van der Waals surface area contributed by atoms with E-state index in [9.17, 15) is 9.59 Å². The highest BCUT2D eigenvalue weighted by atomic mass is 32.2. The van der Waals surface area contributed by atoms with E-state index < -0.39 is 5.91 Å². The predicted molar refractivity (Wildman–Crippen MR) is 115 cm³/mol. The highest BCUT2D eigenvalue weighted by Gasteiger charge is 2.24. The third-order valence-electron chi connectivity index (χ3n) is 4.72. The molecule has 4 nitrogen and oxygen atoms in total. The van der Waals surface area contributed by atoms with Gasteiger partial charge < -0.3 is 11.1 Å². The Hall–Kier alpha value is -1.79. The van der Waals surface area contributed by atoms with Crippen LogP contribution in [-0.4, -0.2) is 17.6 Å². The van der Waals surface area contributed by atoms with E-state index in [-0.39, 0.29) is 5.91 Å². The molecule has 2 aromatic rings. The van der Waals surface area contributed by atoms with Gasteiger partial charge in [0.2, 0.25) is 5.91 Å². The van der Waals surface area contributed by atoms with Crippen LogP contribution >= 0.6 is 23.1 Å². The molecule has 6 heteroatoms. The van der Waals surface area contributed by atoms with E-state index in [1.165, 1.54) is 28.2 Å². The Kier molecular flexibility index (Phi) is 7.35. The molecule has 0 fully saturated rings. The molecule has 1 aromatic carbocycles. The average Bonchev–Trinajstić information content (AvgIpc) is 2.83. The van der Waals surface area contributed by atoms with Gasteiger partial charge in [0.15, 0.2) is 0 Å². The summed E-state index contributed by atoms with van der Waals surface area (Å²) in [6, 6.07) is 10.3. The normalized spacial score (nSPS) is 13.6. The number of amides is 2. The summed E-state index contributed by atoms with van der Waals surface area (Å²) in [4.78, 5) is 25.5. The summed E-state index contributed by atoms with van der Waals surface area (Å²) in [6.45, 7) is 0. The maximum atomic E-state index is 12.3. The SMILES string of the molecule is NC(=O)c1c(NC(=O)CCCSCc2ccccc2)sc2c1CCCCC2. The zero-order valence-corrected chi connectivity index (χ0v) is 17.1. The summed E-state index contributed by atoms with van der Waals surface area (Å²) >= 11 is 3.37. The molecule has 0 bridgehead atoms. The van der Waals surface area contributed by atoms with E-state index in [1.54, 1.807) is 0 Å². The average molecular weight is 403 g/mol. The number of aryl methyl sites for hydroxylation is 1. The van der Waals surface area contributed by atoms with Crippen LogP contribution in [-0.2, 0) is 23.4 Å². The van der Waals surface area contributed by atoms with Crippen molar-refractivity contribution < 1.29 is 9.59 Å². The Balaban J connectivity index is 1.49. The first kappa shape index (κ1) is 20.0. The minimum atomic E-state index is -0.428. The molecule has 1 aromatic heterocycles. The van der Waals surface area contributed by atoms with Gasteiger partial charge in [-0.3, -0.25) is 9.59 Å². The van der Waals surface area contributed by atoms with Crippen molar-refractivity contribution in [3.63, 3.8) is 0 Å². The lowest BCUT2D eigenvalue weighted by Gasteiger charge is -2.06. The van der Waals surface area contributed by atoms with Crippen molar-refractivity contribution in [1.29, 1.82) is 0 Å². The number of hydrogen-bond acceptors (Lipinski definition) is 4. The van der Waals surface area contributed by atoms with Crippen LogP contribution in [0.5, 0.6) is 0 Å². The van der Waals surface area contributed by atoms with Gasteiger partial charge in [0.05, 0.1) is 5.56 Å². The van der Waals surface area contributed by atoms with Crippen molar-refractivity contribution >= 4 is 39.9 Å². The molecule has 0 radical (unpaired) electrons. The maximum absolute atomic E-state index is 12.3. The first-order valence-electron chi connectivity index (χ1n) is 9.51. The van der Waals surface area contributed by atoms with E-state index in [1.807, 2.05) is 30.0 Å². The fourth-order valence-electron chi connectivity index (χ4n) is 3.38. The molecule has 3 N–H and O–H groups in total. The summed E-state index contributed by atoms with van der Waals surface area (Å²) in [5.74, 6) is 1.44. The van der Waals surface area contributed by atoms with Crippen molar-refractivity contribution in [3.8, 4) is 0 Å². The quantitative estimate of drug-likeness (QED) is 0.493. The van der Waals surface area contributed by atoms with Crippen LogP contribution in [0.2, 0.25) is 0 Å². The first-order valence-corrected chi connectivity index (χ1v) is 11.5. The fourth-order valence-corrected chi connectivity index (χ4v) is 5.61. The summed E-state index contributed by atoms with van der Waals surface area (Å²) < 4.78 is 0. The number of thioether (sulfide) groups is 1. The predicted octanol–water partition coefficient (Wildman–Crippen LogP) is 4.77. The molecule has 1 aliphatic carbocycles. The minimum Gasteiger partial charge on any atom is -0.365 e. The van der Waals surface area contributed by atoms with Crippen molar-refractivity contribution in [1.82, 2.24) is 0 Å². The van der Waals surface area contributed by atoms with Gasteiger partial charge in [-0.1, -0.05) is 36.8 Å². The lowest BCUT2D eigenvalue weighted by atomic mass is 10.1. The summed E-state index contributed by atoms with van der Waals surface area (Å²) in [5, 5.41) is 3.60. The number of carbonyl (C=O) groups is 2. The maximum Gasteiger partial charge on any atom is 0.251 e. The zero-order chi connectivity index (χ0) is 19.1. The van der Waals surface area contributed by atoms with Gasteiger partial charge in [0.1, 0.15) is 5.00 Å². The molecule has 1 heterocycles. The molecule has 0 atom stereocenters. The van der Waals surface area contributed by atoms with Gasteiger partial charge in [0.25, 0.3) is 5.91 Å². The van der Waals surface area contributed by atoms with Crippen molar-refractivity contribution in [3.05, 3.63) is 51.9 Å². The van der Waals surface area contributed by atoms with Crippen LogP contribution in [0.4, 0.5) is 5.00 Å². The molecule has 144 valence electrons. The van der Waals surface area contributed by atoms with E-state index in [2.05, 4.69) is 17.4 Å². The number of thiophene rings is 1. The second kappa shape index (κ2) is 9.95. The number of rotatable bonds is 8. The third-order valence-corrected chi connectivity index (χ3v) is 7.05. The topological polar surface area (TPSA) is 72.2 Å². The molecule has 1 aliphatic rings. The van der Waals surface area contributed by atoms with Crippen LogP contribution in [0.25, 0.3) is 0 Å². The number of nitrogens with one attached hydrogen (secondary N) is 1. The first-order chi connectivity index (χ1) is 13.1. The highest BCUT2D eigenvalue weighted by Crippen LogP contribution is 2.37. The molecule has 0 spiro atoms. The number of hydrogen-bond donors (Lipinski definition) is 2. The van der Waals surface area contributed by atoms with Crippen molar-refractivity contribution in [2.24, 2.45) is 5.73 Å². The molecule has 0 saturated heterocycles. The molecule has 2 amide bonds. The lowest BCUT2D eigenvalue weighted by molar-refractivity contribution is -0.116. The summed E-state index contributed by atoms with van der Waals surface area (Å²) in [5.41, 5.74) is 8.54. The zero-order valence-electron chi connectivity index (χ0n) is 15.5. The Labute approximate surface area is 168 Å². The van der Waals surface area contributed by atoms with Crippen molar-refractivity contribution in [2.45, 2.75) is 50.7 Å². The highest BCUT2D eigenvalue weighted by molar-refractivity contribution is 7.98. The van der Waals surface area contributed by atoms with E-state index in [0.29, 0.717) is 17.0 Å². The number of benzene rings is 1. The van der Waals surface area contributed by atoms with Crippen LogP contribution in [0.15, 0.2) is 30.3 Å². The molecule has 27 heavy (non-hydrogen) atoms. The largest absolute Gasteiger partial charge is 0.365 e. The molecule has 0 saturated carbocycles. The Morgan fingerprint density at radius 1 is 1.11 bits per heavy atom. The summed E-state index contributed by atoms with van der Waals surface area (Å²) in [6.07, 6.45) is 6.54. The lowest BCUT2D eigenvalue weighted by Crippen LogP contribution is -2.18. The minimum absolute atomic E-state index is 0.0331. The van der Waals surface area contributed by atoms with Crippen LogP contribution in [0, 0.1) is 0 Å². The van der Waals surface area contributed by atoms with Gasteiger partial charge in [0, 0.05) is 17.1 Å². The Bertz CT molecular complexity index is 787. The molecule has 0 aliphatic heterocycles. The van der Waals surface area contributed by atoms with Gasteiger partial charge in [-0.15, -0.1) is 11.3 Å². The van der Waals surface area contributed by atoms with Gasteiger partial charge in [-0.25, -0.2) is 0 Å². The molecule has 3 rings (SSSR count). The third kappa shape index (κ3) is 5.59. The standard InChI is InChI=1S/C21H26N2O2S2/c22-20(25)19-16-10-5-2-6-11-17(16)27-21(19)23-18(24)12-7-13-26-14-15-8-3-1-4-9-15/h1,3-4,8-9H,2,5-7,10-14H2,(H2,22,25)(H,23,24). The van der Waals surface area contributed by atoms with Crippen LogP contribution < -0.4 is 11.1 Å². The second-order valence-corrected chi connectivity index (χ2v) is 9.03. The second-order valence-electron chi connectivity index (χ2n) is 6.82. The molecule has 0 unspecified atom stereocenters. The van der Waals surface area contributed by atoms with Crippen LogP contribution in [0.1, 0.15) is 58.5 Å². The molecular formula is C21H26N2O2S2. The van der Waals surface area contributed by atoms with Gasteiger partial charge in [-0.05, 0) is 49.0 Å². The van der Waals surface area contributed by atoms with E-state index in [0.717, 1.165) is 49.2 Å². The monoisotopic (exact) mass is 402 g/mol. The molecular weight excluding hydrogens is 376 g/mol. The Morgan fingerprint density at radius 2 is 1.89 bits per heavy atom. The summed E-state index contributed by atoms with van der Waals surface area (Å²) in [7, 11) is 0. The van der Waals surface area contributed by atoms with Crippen LogP contribution in [0.3, 0.4) is 0 Å². The van der Waals surface area contributed by atoms with Gasteiger partial charge >= 0.3 is 0 Å². The van der Waals surface area contributed by atoms with E-state index >= 15 is 0 Å².